The van der Waals surface area contributed by atoms with Crippen molar-refractivity contribution in [2.24, 2.45) is 41.4 Å². The topological polar surface area (TPSA) is 279 Å². The minimum absolute atomic E-state index is 0.0109. The molecule has 0 unspecified atom stereocenters. The zero-order chi connectivity index (χ0) is 66.8. The predicted molar refractivity (Wildman–Crippen MR) is 333 cm³/mol. The van der Waals surface area contributed by atoms with Crippen LogP contribution in [0.15, 0.2) is 12.2 Å². The molecule has 23 heteroatoms. The molecule has 0 aromatic rings. The first-order valence-electron chi connectivity index (χ1n) is 31.1. The Hall–Kier alpha value is -6.13. The van der Waals surface area contributed by atoms with E-state index in [0.717, 1.165) is 4.90 Å². The Bertz CT molecular complexity index is 2360. The summed E-state index contributed by atoms with van der Waals surface area (Å²) in [5.41, 5.74) is 0. The molecule has 0 spiro atoms. The van der Waals surface area contributed by atoms with Crippen molar-refractivity contribution in [2.75, 3.05) is 48.8 Å². The highest BCUT2D eigenvalue weighted by Gasteiger charge is 2.46. The molecule has 1 aliphatic heterocycles. The van der Waals surface area contributed by atoms with Gasteiger partial charge >= 0.3 is 0 Å². The van der Waals surface area contributed by atoms with Gasteiger partial charge in [-0.3, -0.25) is 52.7 Å². The average Bonchev–Trinajstić information content (AvgIpc) is 1.38. The molecular formula is C63H113N11O12. The van der Waals surface area contributed by atoms with Gasteiger partial charge in [0.25, 0.3) is 0 Å². The summed E-state index contributed by atoms with van der Waals surface area (Å²) in [6.07, 6.45) is 2.87. The summed E-state index contributed by atoms with van der Waals surface area (Å²) in [4.78, 5) is 170. The number of nitrogens with zero attached hydrogens (tertiary/aromatic N) is 7. The van der Waals surface area contributed by atoms with Crippen LogP contribution in [0.25, 0.3) is 0 Å². The molecule has 1 rings (SSSR count). The minimum atomic E-state index is -1.62. The van der Waals surface area contributed by atoms with Crippen molar-refractivity contribution in [1.29, 1.82) is 0 Å². The zero-order valence-electron chi connectivity index (χ0n) is 56.9. The van der Waals surface area contributed by atoms with E-state index in [4.69, 9.17) is 0 Å². The van der Waals surface area contributed by atoms with Crippen LogP contribution in [0.4, 0.5) is 0 Å². The number of hydrogen-bond acceptors (Lipinski definition) is 12. The standard InChI is InChI=1S/C63H113N11O12/c1-26-29-30-40(16)52(75)51-56(79)66-44(27-2)59(82)68(20)43(19)58(81)74(28-3)49(38(12)13)55(78)67-48(37(10)11)62(85)69(21)45(31-34(4)5)54(77)64-41(17)53(76)65-42(18)57(80)70(22)46(32-35(6)7)60(83)71(23)47(33-36(8)9)61(84)72(24)50(39(14)15)63(86)73(51)25/h26,29,34-52,75H,27-28,30-33H2,1-25H3,(H,64,77)(H,65,76)(H,66,79)(H,67,78)/t40-,41+,42-,43-,44+,45+,46+,47+,48+,49+,50+,51+,52-/m1/s1. The van der Waals surface area contributed by atoms with Crippen molar-refractivity contribution in [3.05, 3.63) is 12.2 Å². The number of amides is 11. The first-order chi connectivity index (χ1) is 39.7. The number of carbonyl (C=O) groups excluding carboxylic acids is 11. The third-order valence-corrected chi connectivity index (χ3v) is 16.6. The van der Waals surface area contributed by atoms with E-state index in [1.807, 2.05) is 47.6 Å². The van der Waals surface area contributed by atoms with Crippen LogP contribution in [0.2, 0.25) is 0 Å². The van der Waals surface area contributed by atoms with Crippen molar-refractivity contribution < 1.29 is 57.8 Å². The van der Waals surface area contributed by atoms with Gasteiger partial charge < -0.3 is 60.7 Å². The molecule has 0 radical (unpaired) electrons. The summed E-state index contributed by atoms with van der Waals surface area (Å²) in [6.45, 7) is 32.8. The second-order valence-corrected chi connectivity index (χ2v) is 26.2. The highest BCUT2D eigenvalue weighted by atomic mass is 16.3. The smallest absolute Gasteiger partial charge is 0.246 e. The van der Waals surface area contributed by atoms with E-state index in [9.17, 15) is 48.3 Å². The number of aliphatic hydroxyl groups is 1. The SMILES string of the molecule is CC=CC[C@@H](C)[C@@H](O)[C@H]1C(=O)N[C@@H](CC)C(=O)N(C)[C@H](C)C(=O)N(CC)[C@@H](C(C)C)C(=O)N[C@@H](C(C)C)C(=O)N(C)[C@@H](CC(C)C)C(=O)N[C@@H](C)C(=O)N[C@H](C)C(=O)N(C)[C@@H](CC(C)C)C(=O)N(C)[C@@H](CC(C)C)C(=O)N(C)[C@@H](C(C)C)C(=O)N1C. The Kier molecular flexibility index (Phi) is 31.7. The number of aliphatic hydroxyl groups excluding tert-OH is 1. The van der Waals surface area contributed by atoms with Gasteiger partial charge in [0.2, 0.25) is 65.0 Å². The van der Waals surface area contributed by atoms with Gasteiger partial charge in [-0.25, -0.2) is 0 Å². The first-order valence-corrected chi connectivity index (χ1v) is 31.1. The lowest BCUT2D eigenvalue weighted by molar-refractivity contribution is -0.157. The summed E-state index contributed by atoms with van der Waals surface area (Å²) in [7, 11) is 8.53. The molecule has 492 valence electrons. The van der Waals surface area contributed by atoms with Gasteiger partial charge in [-0.05, 0) is 108 Å². The summed E-state index contributed by atoms with van der Waals surface area (Å²) < 4.78 is 0. The van der Waals surface area contributed by atoms with E-state index in [-0.39, 0.29) is 50.0 Å². The monoisotopic (exact) mass is 1220 g/mol. The molecular weight excluding hydrogens is 1100 g/mol. The molecule has 1 fully saturated rings. The number of likely N-dealkylation sites (N-methyl/N-ethyl adjacent to an activating group) is 7. The van der Waals surface area contributed by atoms with Gasteiger partial charge in [0.15, 0.2) is 0 Å². The average molecular weight is 1220 g/mol. The van der Waals surface area contributed by atoms with Gasteiger partial charge in [0, 0.05) is 48.8 Å². The Morgan fingerprint density at radius 2 is 0.872 bits per heavy atom. The summed E-state index contributed by atoms with van der Waals surface area (Å²) in [5.74, 6) is -10.1. The van der Waals surface area contributed by atoms with Crippen LogP contribution in [-0.2, 0) is 52.7 Å². The molecule has 86 heavy (non-hydrogen) atoms. The molecule has 0 saturated carbocycles. The maximum absolute atomic E-state index is 15.2. The quantitative estimate of drug-likeness (QED) is 0.147. The van der Waals surface area contributed by atoms with Crippen LogP contribution in [-0.4, -0.2) is 226 Å². The Labute approximate surface area is 515 Å². The van der Waals surface area contributed by atoms with Crippen LogP contribution in [0.3, 0.4) is 0 Å². The number of allylic oxidation sites excluding steroid dienone is 2. The van der Waals surface area contributed by atoms with Gasteiger partial charge in [-0.15, -0.1) is 0 Å². The summed E-state index contributed by atoms with van der Waals surface area (Å²) in [5, 5.41) is 23.2. The molecule has 11 amide bonds. The van der Waals surface area contributed by atoms with Crippen molar-refractivity contribution >= 4 is 65.0 Å². The van der Waals surface area contributed by atoms with Crippen molar-refractivity contribution in [1.82, 2.24) is 55.6 Å². The molecule has 1 heterocycles. The van der Waals surface area contributed by atoms with Gasteiger partial charge in [-0.1, -0.05) is 109 Å². The van der Waals surface area contributed by atoms with E-state index in [1.54, 1.807) is 75.3 Å². The lowest BCUT2D eigenvalue weighted by Crippen LogP contribution is -2.64. The number of nitrogens with one attached hydrogen (secondary N) is 4. The number of rotatable bonds is 15. The third-order valence-electron chi connectivity index (χ3n) is 16.6. The minimum Gasteiger partial charge on any atom is -0.390 e. The maximum Gasteiger partial charge on any atom is 0.246 e. The lowest BCUT2D eigenvalue weighted by Gasteiger charge is -2.41. The molecule has 1 aliphatic rings. The Morgan fingerprint density at radius 3 is 1.31 bits per heavy atom. The third kappa shape index (κ3) is 20.5. The normalized spacial score (nSPS) is 27.6. The van der Waals surface area contributed by atoms with Crippen LogP contribution in [0.1, 0.15) is 164 Å². The molecule has 5 N–H and O–H groups in total. The van der Waals surface area contributed by atoms with Crippen LogP contribution < -0.4 is 21.3 Å². The Balaban J connectivity index is 4.39. The van der Waals surface area contributed by atoms with Gasteiger partial charge in [0.1, 0.15) is 66.5 Å². The number of hydrogen-bond donors (Lipinski definition) is 5. The highest BCUT2D eigenvalue weighted by molar-refractivity contribution is 6.00. The maximum atomic E-state index is 15.2. The van der Waals surface area contributed by atoms with E-state index in [2.05, 4.69) is 21.3 Å². The van der Waals surface area contributed by atoms with Crippen molar-refractivity contribution in [3.8, 4) is 0 Å². The fraction of sp³-hybridized carbons (Fsp3) is 0.794. The van der Waals surface area contributed by atoms with Crippen molar-refractivity contribution in [3.63, 3.8) is 0 Å². The molecule has 0 aromatic heterocycles. The summed E-state index contributed by atoms with van der Waals surface area (Å²) in [6, 6.07) is -13.6. The van der Waals surface area contributed by atoms with E-state index in [1.165, 1.54) is 92.5 Å². The fourth-order valence-electron chi connectivity index (χ4n) is 11.1. The molecule has 1 saturated heterocycles. The van der Waals surface area contributed by atoms with E-state index in [0.29, 0.717) is 6.42 Å². The lowest BCUT2D eigenvalue weighted by atomic mass is 9.91. The first kappa shape index (κ1) is 77.9. The largest absolute Gasteiger partial charge is 0.390 e. The highest BCUT2D eigenvalue weighted by Crippen LogP contribution is 2.26. The van der Waals surface area contributed by atoms with Gasteiger partial charge in [-0.2, -0.15) is 0 Å². The van der Waals surface area contributed by atoms with Crippen molar-refractivity contribution in [2.45, 2.75) is 236 Å². The molecule has 13 atom stereocenters. The van der Waals surface area contributed by atoms with E-state index < -0.39 is 161 Å². The molecule has 0 bridgehead atoms. The second kappa shape index (κ2) is 35.0. The van der Waals surface area contributed by atoms with Crippen LogP contribution in [0, 0.1) is 41.4 Å². The molecule has 23 nitrogen and oxygen atoms in total. The fourth-order valence-corrected chi connectivity index (χ4v) is 11.1. The Morgan fingerprint density at radius 1 is 0.442 bits per heavy atom. The van der Waals surface area contributed by atoms with Crippen LogP contribution in [0.5, 0.6) is 0 Å². The molecule has 0 aliphatic carbocycles. The van der Waals surface area contributed by atoms with E-state index >= 15 is 9.59 Å². The summed E-state index contributed by atoms with van der Waals surface area (Å²) >= 11 is 0. The number of carbonyl (C=O) groups is 11. The van der Waals surface area contributed by atoms with Crippen LogP contribution >= 0.6 is 0 Å². The molecule has 0 aromatic carbocycles. The second-order valence-electron chi connectivity index (χ2n) is 26.2. The zero-order valence-corrected chi connectivity index (χ0v) is 56.9. The predicted octanol–water partition coefficient (Wildman–Crippen LogP) is 3.66. The van der Waals surface area contributed by atoms with Gasteiger partial charge in [0.05, 0.1) is 6.10 Å².